The Hall–Kier alpha value is -1.64. The number of hydrogen-bond acceptors (Lipinski definition) is 2. The van der Waals surface area contributed by atoms with E-state index in [1.807, 2.05) is 0 Å². The van der Waals surface area contributed by atoms with E-state index in [0.29, 0.717) is 0 Å². The van der Waals surface area contributed by atoms with Gasteiger partial charge in [0.15, 0.2) is 0 Å². The molecule has 0 radical (unpaired) electrons. The highest BCUT2D eigenvalue weighted by Crippen LogP contribution is 2.43. The summed E-state index contributed by atoms with van der Waals surface area (Å²) in [5, 5.41) is 13.0. The second-order valence-electron chi connectivity index (χ2n) is 15.3. The molecule has 0 fully saturated rings. The molecule has 2 aromatic rings. The normalized spacial score (nSPS) is 15.7. The van der Waals surface area contributed by atoms with E-state index in [4.69, 9.17) is 5.73 Å². The Morgan fingerprint density at radius 1 is 0.556 bits per heavy atom. The lowest BCUT2D eigenvalue weighted by atomic mass is 9.69. The van der Waals surface area contributed by atoms with E-state index in [2.05, 4.69) is 133 Å². The fraction of sp³-hybridized carbons (Fsp3) is 0.647. The van der Waals surface area contributed by atoms with E-state index in [0.717, 1.165) is 17.5 Å². The fourth-order valence-corrected chi connectivity index (χ4v) is 4.64. The lowest BCUT2D eigenvalue weighted by molar-refractivity contribution is 0.0312. The monoisotopic (exact) mass is 493 g/mol. The van der Waals surface area contributed by atoms with Gasteiger partial charge in [-0.2, -0.15) is 0 Å². The molecule has 0 aliphatic heterocycles. The molecule has 2 heteroatoms. The molecular weight excluding hydrogens is 438 g/mol. The summed E-state index contributed by atoms with van der Waals surface area (Å²) in [6.07, 6.45) is 0.902. The first-order chi connectivity index (χ1) is 16.0. The zero-order valence-electron chi connectivity index (χ0n) is 25.9. The van der Waals surface area contributed by atoms with Crippen molar-refractivity contribution in [3.8, 4) is 0 Å². The Balaban J connectivity index is 3.07. The number of aliphatic hydroxyl groups is 1. The van der Waals surface area contributed by atoms with Crippen LogP contribution in [0.3, 0.4) is 0 Å². The van der Waals surface area contributed by atoms with E-state index in [1.165, 1.54) is 22.3 Å². The molecular formula is C34H55NO. The van der Waals surface area contributed by atoms with Gasteiger partial charge in [-0.05, 0) is 61.0 Å². The largest absolute Gasteiger partial charge is 0.379 e. The molecule has 0 heterocycles. The van der Waals surface area contributed by atoms with Crippen molar-refractivity contribution in [1.82, 2.24) is 0 Å². The summed E-state index contributed by atoms with van der Waals surface area (Å²) in [5.41, 5.74) is 12.2. The summed E-state index contributed by atoms with van der Waals surface area (Å²) >= 11 is 0. The van der Waals surface area contributed by atoms with Gasteiger partial charge in [-0.3, -0.25) is 0 Å². The molecule has 0 aliphatic rings. The zero-order chi connectivity index (χ0) is 28.1. The lowest BCUT2D eigenvalue weighted by Crippen LogP contribution is -2.50. The first kappa shape index (κ1) is 30.6. The van der Waals surface area contributed by atoms with Crippen molar-refractivity contribution in [2.45, 2.75) is 137 Å². The van der Waals surface area contributed by atoms with Crippen LogP contribution in [0, 0.1) is 5.92 Å². The quantitative estimate of drug-likeness (QED) is 0.438. The Morgan fingerprint density at radius 3 is 0.972 bits per heavy atom. The molecule has 0 bridgehead atoms. The molecule has 0 aliphatic carbocycles. The number of benzene rings is 2. The summed E-state index contributed by atoms with van der Waals surface area (Å²) in [7, 11) is 0. The highest BCUT2D eigenvalue weighted by molar-refractivity contribution is 5.49. The third-order valence-electron chi connectivity index (χ3n) is 7.95. The summed E-state index contributed by atoms with van der Waals surface area (Å²) in [6.45, 7) is 31.2. The van der Waals surface area contributed by atoms with Gasteiger partial charge in [0.05, 0.1) is 0 Å². The third-order valence-corrected chi connectivity index (χ3v) is 7.95. The van der Waals surface area contributed by atoms with Crippen molar-refractivity contribution >= 4 is 0 Å². The summed E-state index contributed by atoms with van der Waals surface area (Å²) in [6, 6.07) is 13.0. The van der Waals surface area contributed by atoms with Crippen LogP contribution in [0.1, 0.15) is 137 Å². The maximum atomic E-state index is 13.0. The van der Waals surface area contributed by atoms with Crippen molar-refractivity contribution in [3.05, 3.63) is 69.8 Å². The van der Waals surface area contributed by atoms with Crippen LogP contribution in [0.4, 0.5) is 0 Å². The third kappa shape index (κ3) is 6.43. The van der Waals surface area contributed by atoms with Gasteiger partial charge >= 0.3 is 0 Å². The van der Waals surface area contributed by atoms with Gasteiger partial charge in [-0.15, -0.1) is 0 Å². The van der Waals surface area contributed by atoms with E-state index < -0.39 is 11.6 Å². The van der Waals surface area contributed by atoms with Crippen LogP contribution in [0.15, 0.2) is 36.4 Å². The van der Waals surface area contributed by atoms with Crippen LogP contribution in [-0.2, 0) is 27.3 Å². The van der Waals surface area contributed by atoms with Crippen molar-refractivity contribution in [2.75, 3.05) is 0 Å². The fourth-order valence-electron chi connectivity index (χ4n) is 4.64. The topological polar surface area (TPSA) is 46.2 Å². The highest BCUT2D eigenvalue weighted by Gasteiger charge is 2.43. The van der Waals surface area contributed by atoms with E-state index >= 15 is 0 Å². The maximum absolute atomic E-state index is 13.0. The van der Waals surface area contributed by atoms with E-state index in [-0.39, 0.29) is 27.6 Å². The lowest BCUT2D eigenvalue weighted by Gasteiger charge is -2.41. The summed E-state index contributed by atoms with van der Waals surface area (Å²) in [4.78, 5) is 0. The van der Waals surface area contributed by atoms with Crippen LogP contribution in [0.5, 0.6) is 0 Å². The standard InChI is InChI=1S/C34H55NO/c1-15-22(2)29(35)34(36,27-18-23(30(3,4)5)16-24(19-27)31(6,7)8)28-20-25(32(9,10)11)17-26(21-28)33(12,13)14/h16-22,29,36H,15,35H2,1-14H3/t22-,29-/m0/s1. The van der Waals surface area contributed by atoms with E-state index in [9.17, 15) is 5.11 Å². The van der Waals surface area contributed by atoms with E-state index in [1.54, 1.807) is 0 Å². The van der Waals surface area contributed by atoms with Gasteiger partial charge in [-0.1, -0.05) is 140 Å². The number of rotatable bonds is 5. The first-order valence-corrected chi connectivity index (χ1v) is 13.8. The average Bonchev–Trinajstić information content (AvgIpc) is 2.74. The zero-order valence-corrected chi connectivity index (χ0v) is 25.9. The Bertz CT molecular complexity index is 911. The minimum atomic E-state index is -1.32. The SMILES string of the molecule is CC[C@H](C)[C@H](N)C(O)(c1cc(C(C)(C)C)cc(C(C)(C)C)c1)c1cc(C(C)(C)C)cc(C(C)(C)C)c1. The van der Waals surface area contributed by atoms with Crippen molar-refractivity contribution in [3.63, 3.8) is 0 Å². The Labute approximate surface area is 223 Å². The van der Waals surface area contributed by atoms with Gasteiger partial charge in [0, 0.05) is 6.04 Å². The van der Waals surface area contributed by atoms with Crippen molar-refractivity contribution in [2.24, 2.45) is 11.7 Å². The molecule has 36 heavy (non-hydrogen) atoms. The smallest absolute Gasteiger partial charge is 0.130 e. The molecule has 0 spiro atoms. The molecule has 2 aromatic carbocycles. The van der Waals surface area contributed by atoms with Crippen LogP contribution in [0.2, 0.25) is 0 Å². The maximum Gasteiger partial charge on any atom is 0.130 e. The molecule has 202 valence electrons. The van der Waals surface area contributed by atoms with Crippen LogP contribution < -0.4 is 5.73 Å². The minimum absolute atomic E-state index is 0.0543. The Kier molecular flexibility index (Phi) is 8.42. The van der Waals surface area contributed by atoms with Crippen LogP contribution in [-0.4, -0.2) is 11.1 Å². The van der Waals surface area contributed by atoms with Crippen molar-refractivity contribution < 1.29 is 5.11 Å². The van der Waals surface area contributed by atoms with Crippen LogP contribution in [0.25, 0.3) is 0 Å². The Morgan fingerprint density at radius 2 is 0.778 bits per heavy atom. The molecule has 0 aromatic heterocycles. The average molecular weight is 494 g/mol. The van der Waals surface area contributed by atoms with Gasteiger partial charge in [-0.25, -0.2) is 0 Å². The number of hydrogen-bond donors (Lipinski definition) is 2. The molecule has 2 nitrogen and oxygen atoms in total. The molecule has 0 saturated heterocycles. The second kappa shape index (κ2) is 9.91. The molecule has 0 saturated carbocycles. The van der Waals surface area contributed by atoms with Crippen molar-refractivity contribution in [1.29, 1.82) is 0 Å². The van der Waals surface area contributed by atoms with Gasteiger partial charge in [0.25, 0.3) is 0 Å². The first-order valence-electron chi connectivity index (χ1n) is 13.8. The van der Waals surface area contributed by atoms with Gasteiger partial charge < -0.3 is 10.8 Å². The number of nitrogens with two attached hydrogens (primary N) is 1. The molecule has 0 amide bonds. The molecule has 0 unspecified atom stereocenters. The molecule has 3 N–H and O–H groups in total. The summed E-state index contributed by atoms with van der Waals surface area (Å²) < 4.78 is 0. The van der Waals surface area contributed by atoms with Gasteiger partial charge in [0.1, 0.15) is 5.60 Å². The highest BCUT2D eigenvalue weighted by atomic mass is 16.3. The minimum Gasteiger partial charge on any atom is -0.379 e. The summed E-state index contributed by atoms with van der Waals surface area (Å²) in [5.74, 6) is 0.141. The second-order valence-corrected chi connectivity index (χ2v) is 15.3. The van der Waals surface area contributed by atoms with Crippen LogP contribution >= 0.6 is 0 Å². The predicted octanol–water partition coefficient (Wildman–Crippen LogP) is 8.49. The molecule has 2 rings (SSSR count). The molecule has 2 atom stereocenters. The van der Waals surface area contributed by atoms with Gasteiger partial charge in [0.2, 0.25) is 0 Å². The predicted molar refractivity (Wildman–Crippen MR) is 158 cm³/mol.